The molecule has 4 aliphatic heterocycles. The molecule has 6 heterocycles. The Morgan fingerprint density at radius 2 is 0.929 bits per heavy atom. The second kappa shape index (κ2) is 16.4. The van der Waals surface area contributed by atoms with Crippen LogP contribution in [-0.4, -0.2) is 55.1 Å². The number of hydrogen-bond acceptors (Lipinski definition) is 6. The van der Waals surface area contributed by atoms with Gasteiger partial charge in [-0.25, -0.2) is 18.7 Å². The Labute approximate surface area is 335 Å². The lowest BCUT2D eigenvalue weighted by Gasteiger charge is -2.31. The van der Waals surface area contributed by atoms with E-state index in [9.17, 15) is 18.4 Å². The third-order valence-electron chi connectivity index (χ3n) is 10.9. The quantitative estimate of drug-likeness (QED) is 0.154. The molecule has 0 spiro atoms. The van der Waals surface area contributed by atoms with E-state index in [4.69, 9.17) is 9.97 Å². The van der Waals surface area contributed by atoms with E-state index in [-0.39, 0.29) is 59.7 Å². The minimum absolute atomic E-state index is 0. The first-order valence-electron chi connectivity index (χ1n) is 18.5. The highest BCUT2D eigenvalue weighted by atomic mass is 35.5. The molecule has 4 aliphatic rings. The monoisotopic (exact) mass is 790 g/mol. The van der Waals surface area contributed by atoms with Crippen molar-refractivity contribution in [1.29, 1.82) is 0 Å². The van der Waals surface area contributed by atoms with Crippen molar-refractivity contribution in [2.24, 2.45) is 0 Å². The fraction of sp³-hybridized carbons (Fsp3) is 0.273. The smallest absolute Gasteiger partial charge is 0.261 e. The van der Waals surface area contributed by atoms with Crippen LogP contribution >= 0.6 is 24.8 Å². The van der Waals surface area contributed by atoms with Crippen LogP contribution < -0.4 is 11.1 Å². The van der Waals surface area contributed by atoms with Gasteiger partial charge in [-0.3, -0.25) is 28.5 Å². The summed E-state index contributed by atoms with van der Waals surface area (Å²) < 4.78 is 30.3. The van der Waals surface area contributed by atoms with Crippen molar-refractivity contribution in [2.75, 3.05) is 26.2 Å². The Hall–Kier alpha value is -5.36. The summed E-state index contributed by atoms with van der Waals surface area (Å²) in [4.78, 5) is 40.4. The van der Waals surface area contributed by atoms with Gasteiger partial charge in [-0.2, -0.15) is 0 Å². The summed E-state index contributed by atoms with van der Waals surface area (Å²) in [6.45, 7) is 5.41. The molecule has 0 N–H and O–H groups in total. The van der Waals surface area contributed by atoms with Gasteiger partial charge >= 0.3 is 0 Å². The first-order valence-corrected chi connectivity index (χ1v) is 18.5. The molecule has 2 atom stereocenters. The standard InChI is InChI=1S/2C22H18FN3O.2ClH/c2*23-17-4-1-3-15(13-17)6-7-16-8-9-18-19(14-16)24-21-20-5-2-10-25(20)11-12-26(21)22(18)27;;/h2*1,3-4,8-9,13-14,20H,2,5,10-12H2;2*1H. The van der Waals surface area contributed by atoms with Crippen LogP contribution in [0.15, 0.2) is 94.5 Å². The van der Waals surface area contributed by atoms with Crippen molar-refractivity contribution >= 4 is 46.6 Å². The summed E-state index contributed by atoms with van der Waals surface area (Å²) in [6.07, 6.45) is 4.41. The maximum Gasteiger partial charge on any atom is 0.261 e. The molecule has 2 saturated heterocycles. The summed E-state index contributed by atoms with van der Waals surface area (Å²) in [7, 11) is 0. The number of benzene rings is 4. The molecule has 2 aromatic heterocycles. The van der Waals surface area contributed by atoms with Gasteiger partial charge in [-0.05, 0) is 112 Å². The Morgan fingerprint density at radius 1 is 0.518 bits per heavy atom. The van der Waals surface area contributed by atoms with E-state index in [0.717, 1.165) is 74.6 Å². The van der Waals surface area contributed by atoms with Crippen molar-refractivity contribution in [2.45, 2.75) is 50.9 Å². The van der Waals surface area contributed by atoms with Gasteiger partial charge < -0.3 is 0 Å². The number of halogens is 4. The average Bonchev–Trinajstić information content (AvgIpc) is 3.88. The molecule has 0 saturated carbocycles. The molecular formula is C44H38Cl2F2N6O2. The van der Waals surface area contributed by atoms with Gasteiger partial charge in [0.15, 0.2) is 0 Å². The number of rotatable bonds is 0. The van der Waals surface area contributed by atoms with Gasteiger partial charge in [0.05, 0.1) is 33.9 Å². The Morgan fingerprint density at radius 3 is 1.34 bits per heavy atom. The average molecular weight is 792 g/mol. The van der Waals surface area contributed by atoms with Crippen LogP contribution in [0, 0.1) is 35.3 Å². The number of nitrogens with zero attached hydrogens (tertiary/aromatic N) is 6. The van der Waals surface area contributed by atoms with Gasteiger partial charge in [0.1, 0.15) is 23.3 Å². The summed E-state index contributed by atoms with van der Waals surface area (Å²) in [5, 5.41) is 1.25. The highest BCUT2D eigenvalue weighted by Gasteiger charge is 2.34. The molecule has 2 fully saturated rings. The van der Waals surface area contributed by atoms with Crippen molar-refractivity contribution in [3.8, 4) is 23.7 Å². The lowest BCUT2D eigenvalue weighted by atomic mass is 10.1. The number of hydrogen-bond donors (Lipinski definition) is 0. The Bertz CT molecular complexity index is 2540. The van der Waals surface area contributed by atoms with Crippen molar-refractivity contribution in [1.82, 2.24) is 28.9 Å². The van der Waals surface area contributed by atoms with Crippen LogP contribution in [0.25, 0.3) is 21.8 Å². The predicted molar refractivity (Wildman–Crippen MR) is 218 cm³/mol. The fourth-order valence-electron chi connectivity index (χ4n) is 8.22. The van der Waals surface area contributed by atoms with E-state index in [1.807, 2.05) is 33.4 Å². The van der Waals surface area contributed by atoms with Gasteiger partial charge in [-0.1, -0.05) is 35.8 Å². The van der Waals surface area contributed by atoms with E-state index >= 15 is 0 Å². The van der Waals surface area contributed by atoms with Gasteiger partial charge in [0, 0.05) is 48.4 Å². The molecular weight excluding hydrogens is 753 g/mol. The Kier molecular flexibility index (Phi) is 11.4. The van der Waals surface area contributed by atoms with Crippen LogP contribution in [0.3, 0.4) is 0 Å². The van der Waals surface area contributed by atoms with Crippen LogP contribution in [0.2, 0.25) is 0 Å². The minimum atomic E-state index is -0.303. The molecule has 0 aliphatic carbocycles. The first-order chi connectivity index (χ1) is 26.4. The van der Waals surface area contributed by atoms with Gasteiger partial charge in [0.2, 0.25) is 0 Å². The molecule has 0 radical (unpaired) electrons. The summed E-state index contributed by atoms with van der Waals surface area (Å²) in [5.41, 5.74) is 4.21. The molecule has 12 heteroatoms. The molecule has 284 valence electrons. The third kappa shape index (κ3) is 7.58. The molecule has 56 heavy (non-hydrogen) atoms. The molecule has 10 rings (SSSR count). The topological polar surface area (TPSA) is 76.3 Å². The zero-order valence-electron chi connectivity index (χ0n) is 30.4. The van der Waals surface area contributed by atoms with Crippen LogP contribution in [0.5, 0.6) is 0 Å². The second-order valence-electron chi connectivity index (χ2n) is 14.2. The Balaban J connectivity index is 0.000000166. The highest BCUT2D eigenvalue weighted by Crippen LogP contribution is 2.34. The molecule has 4 aromatic carbocycles. The maximum atomic E-state index is 13.3. The van der Waals surface area contributed by atoms with Crippen molar-refractivity contribution in [3.05, 3.63) is 151 Å². The van der Waals surface area contributed by atoms with E-state index in [2.05, 4.69) is 33.5 Å². The molecule has 2 unspecified atom stereocenters. The van der Waals surface area contributed by atoms with Gasteiger partial charge in [0.25, 0.3) is 11.1 Å². The van der Waals surface area contributed by atoms with E-state index in [0.29, 0.717) is 46.0 Å². The maximum absolute atomic E-state index is 13.3. The largest absolute Gasteiger partial charge is 0.293 e. The normalized spacial score (nSPS) is 18.0. The zero-order valence-corrected chi connectivity index (χ0v) is 32.0. The van der Waals surface area contributed by atoms with Gasteiger partial charge in [-0.15, -0.1) is 24.8 Å². The summed E-state index contributed by atoms with van der Waals surface area (Å²) in [6, 6.07) is 23.9. The zero-order chi connectivity index (χ0) is 36.8. The molecule has 0 bridgehead atoms. The molecule has 6 aromatic rings. The highest BCUT2D eigenvalue weighted by molar-refractivity contribution is 5.85. The van der Waals surface area contributed by atoms with Crippen LogP contribution in [0.4, 0.5) is 8.78 Å². The van der Waals surface area contributed by atoms with Crippen molar-refractivity contribution < 1.29 is 8.78 Å². The predicted octanol–water partition coefficient (Wildman–Crippen LogP) is 7.02. The van der Waals surface area contributed by atoms with E-state index in [1.165, 1.54) is 24.3 Å². The lowest BCUT2D eigenvalue weighted by Crippen LogP contribution is -2.40. The second-order valence-corrected chi connectivity index (χ2v) is 14.2. The lowest BCUT2D eigenvalue weighted by molar-refractivity contribution is 0.198. The third-order valence-corrected chi connectivity index (χ3v) is 10.9. The van der Waals surface area contributed by atoms with E-state index in [1.54, 1.807) is 36.4 Å². The fourth-order valence-corrected chi connectivity index (χ4v) is 8.22. The number of fused-ring (bicyclic) bond motifs is 8. The molecule has 8 nitrogen and oxygen atoms in total. The van der Waals surface area contributed by atoms with Crippen LogP contribution in [0.1, 0.15) is 71.7 Å². The van der Waals surface area contributed by atoms with Crippen molar-refractivity contribution in [3.63, 3.8) is 0 Å². The van der Waals surface area contributed by atoms with Crippen LogP contribution in [-0.2, 0) is 13.1 Å². The van der Waals surface area contributed by atoms with E-state index < -0.39 is 0 Å². The summed E-state index contributed by atoms with van der Waals surface area (Å²) >= 11 is 0. The molecule has 0 amide bonds. The SMILES string of the molecule is Cl.Cl.O=c1c2ccc(C#Cc3cccc(F)c3)cc2nc2n1CCN1CCCC21.O=c1c2ccc(C#Cc3cccc(F)c3)cc2nc2n1CCN1CCCC21. The first kappa shape index (κ1) is 38.9. The summed E-state index contributed by atoms with van der Waals surface area (Å²) in [5.74, 6) is 13.2. The minimum Gasteiger partial charge on any atom is -0.293 e. The number of aromatic nitrogens is 4.